The van der Waals surface area contributed by atoms with Gasteiger partial charge >= 0.3 is 12.0 Å². The second-order valence-corrected chi connectivity index (χ2v) is 7.00. The lowest BCUT2D eigenvalue weighted by Gasteiger charge is -2.22. The quantitative estimate of drug-likeness (QED) is 0.836. The van der Waals surface area contributed by atoms with E-state index in [1.165, 1.54) is 12.7 Å². The maximum Gasteiger partial charge on any atom is 0.339 e. The lowest BCUT2D eigenvalue weighted by molar-refractivity contribution is 0.0602. The number of nitrogens with zero attached hydrogens (tertiary/aromatic N) is 2. The first-order valence-corrected chi connectivity index (χ1v) is 9.58. The lowest BCUT2D eigenvalue weighted by atomic mass is 10.2. The summed E-state index contributed by atoms with van der Waals surface area (Å²) in [7, 11) is 1.33. The molecule has 1 aliphatic rings. The van der Waals surface area contributed by atoms with Crippen molar-refractivity contribution in [3.63, 3.8) is 0 Å². The van der Waals surface area contributed by atoms with Crippen molar-refractivity contribution in [1.82, 2.24) is 9.80 Å². The van der Waals surface area contributed by atoms with E-state index >= 15 is 0 Å². The highest BCUT2D eigenvalue weighted by atomic mass is 32.1. The minimum absolute atomic E-state index is 0.182. The van der Waals surface area contributed by atoms with E-state index in [1.54, 1.807) is 35.6 Å². The number of para-hydroxylation sites is 1. The van der Waals surface area contributed by atoms with Gasteiger partial charge in [-0.2, -0.15) is 11.3 Å². The van der Waals surface area contributed by atoms with E-state index in [-0.39, 0.29) is 6.03 Å². The molecule has 0 spiro atoms. The third kappa shape index (κ3) is 4.62. The number of carbonyl (C=O) groups is 2. The Labute approximate surface area is 157 Å². The van der Waals surface area contributed by atoms with Gasteiger partial charge in [0.25, 0.3) is 0 Å². The van der Waals surface area contributed by atoms with Crippen molar-refractivity contribution in [2.24, 2.45) is 0 Å². The first kappa shape index (κ1) is 18.4. The third-order valence-corrected chi connectivity index (χ3v) is 5.17. The SMILES string of the molecule is COC(=O)c1ccccc1NC(=O)N1CCCN(Cc2ccsc2)CC1. The number of urea groups is 1. The average Bonchev–Trinajstić information content (AvgIpc) is 3.05. The molecule has 7 heteroatoms. The molecule has 26 heavy (non-hydrogen) atoms. The number of nitrogens with one attached hydrogen (secondary N) is 1. The largest absolute Gasteiger partial charge is 0.465 e. The molecule has 1 saturated heterocycles. The number of hydrogen-bond donors (Lipinski definition) is 1. The van der Waals surface area contributed by atoms with Crippen molar-refractivity contribution in [3.8, 4) is 0 Å². The number of thiophene rings is 1. The predicted molar refractivity (Wildman–Crippen MR) is 103 cm³/mol. The molecule has 2 amide bonds. The van der Waals surface area contributed by atoms with Crippen LogP contribution in [-0.2, 0) is 11.3 Å². The number of ether oxygens (including phenoxy) is 1. The van der Waals surface area contributed by atoms with Crippen molar-refractivity contribution in [3.05, 3.63) is 52.2 Å². The molecule has 0 bridgehead atoms. The van der Waals surface area contributed by atoms with Crippen molar-refractivity contribution in [2.75, 3.05) is 38.6 Å². The Morgan fingerprint density at radius 2 is 2.00 bits per heavy atom. The average molecular weight is 373 g/mol. The monoisotopic (exact) mass is 373 g/mol. The van der Waals surface area contributed by atoms with Crippen LogP contribution in [0.3, 0.4) is 0 Å². The zero-order valence-electron chi connectivity index (χ0n) is 14.8. The van der Waals surface area contributed by atoms with Gasteiger partial charge in [0.2, 0.25) is 0 Å². The van der Waals surface area contributed by atoms with Gasteiger partial charge < -0.3 is 15.0 Å². The summed E-state index contributed by atoms with van der Waals surface area (Å²) in [6, 6.07) is 8.85. The van der Waals surface area contributed by atoms with Crippen LogP contribution in [0.15, 0.2) is 41.1 Å². The molecule has 1 aromatic heterocycles. The summed E-state index contributed by atoms with van der Waals surface area (Å²) >= 11 is 1.71. The molecule has 1 aromatic carbocycles. The number of methoxy groups -OCH3 is 1. The van der Waals surface area contributed by atoms with Crippen LogP contribution in [0.1, 0.15) is 22.3 Å². The van der Waals surface area contributed by atoms with Gasteiger partial charge in [-0.3, -0.25) is 4.90 Å². The van der Waals surface area contributed by atoms with Crippen LogP contribution in [0.5, 0.6) is 0 Å². The van der Waals surface area contributed by atoms with Gasteiger partial charge in [0.05, 0.1) is 18.4 Å². The highest BCUT2D eigenvalue weighted by Gasteiger charge is 2.21. The third-order valence-electron chi connectivity index (χ3n) is 4.44. The van der Waals surface area contributed by atoms with Crippen molar-refractivity contribution in [1.29, 1.82) is 0 Å². The van der Waals surface area contributed by atoms with Crippen molar-refractivity contribution >= 4 is 29.0 Å². The van der Waals surface area contributed by atoms with Gasteiger partial charge in [-0.1, -0.05) is 12.1 Å². The second-order valence-electron chi connectivity index (χ2n) is 6.22. The van der Waals surface area contributed by atoms with Gasteiger partial charge in [0.15, 0.2) is 0 Å². The van der Waals surface area contributed by atoms with Gasteiger partial charge in [-0.15, -0.1) is 0 Å². The first-order chi connectivity index (χ1) is 12.7. The Kier molecular flexibility index (Phi) is 6.25. The highest BCUT2D eigenvalue weighted by Crippen LogP contribution is 2.17. The number of rotatable bonds is 4. The van der Waals surface area contributed by atoms with E-state index in [2.05, 4.69) is 27.0 Å². The van der Waals surface area contributed by atoms with Gasteiger partial charge in [0, 0.05) is 32.7 Å². The standard InChI is InChI=1S/C19H23N3O3S/c1-25-18(23)16-5-2-3-6-17(16)20-19(24)22-9-4-8-21(10-11-22)13-15-7-12-26-14-15/h2-3,5-7,12,14H,4,8-11,13H2,1H3,(H,20,24). The lowest BCUT2D eigenvalue weighted by Crippen LogP contribution is -2.38. The van der Waals surface area contributed by atoms with Gasteiger partial charge in [0.1, 0.15) is 0 Å². The van der Waals surface area contributed by atoms with Crippen LogP contribution in [0, 0.1) is 0 Å². The van der Waals surface area contributed by atoms with E-state index in [4.69, 9.17) is 4.74 Å². The van der Waals surface area contributed by atoms with Crippen LogP contribution in [0.4, 0.5) is 10.5 Å². The fourth-order valence-electron chi connectivity index (χ4n) is 3.05. The molecule has 0 unspecified atom stereocenters. The molecule has 2 heterocycles. The number of benzene rings is 1. The van der Waals surface area contributed by atoms with Crippen molar-refractivity contribution < 1.29 is 14.3 Å². The van der Waals surface area contributed by atoms with E-state index in [1.807, 2.05) is 4.90 Å². The number of anilines is 1. The zero-order valence-corrected chi connectivity index (χ0v) is 15.6. The van der Waals surface area contributed by atoms with Crippen LogP contribution in [-0.4, -0.2) is 55.1 Å². The summed E-state index contributed by atoms with van der Waals surface area (Å²) in [5.41, 5.74) is 2.15. The van der Waals surface area contributed by atoms with Crippen LogP contribution in [0.25, 0.3) is 0 Å². The Balaban J connectivity index is 1.59. The molecule has 6 nitrogen and oxygen atoms in total. The molecule has 0 atom stereocenters. The molecule has 3 rings (SSSR count). The maximum atomic E-state index is 12.7. The zero-order chi connectivity index (χ0) is 18.4. The Bertz CT molecular complexity index is 748. The molecule has 0 radical (unpaired) electrons. The molecule has 0 saturated carbocycles. The smallest absolute Gasteiger partial charge is 0.339 e. The Morgan fingerprint density at radius 1 is 1.15 bits per heavy atom. The Hall–Kier alpha value is -2.38. The van der Waals surface area contributed by atoms with Crippen LogP contribution in [0.2, 0.25) is 0 Å². The summed E-state index contributed by atoms with van der Waals surface area (Å²) in [4.78, 5) is 28.7. The topological polar surface area (TPSA) is 61.9 Å². The maximum absolute atomic E-state index is 12.7. The molecular weight excluding hydrogens is 350 g/mol. The molecule has 2 aromatic rings. The molecule has 0 aliphatic carbocycles. The van der Waals surface area contributed by atoms with Gasteiger partial charge in [-0.25, -0.2) is 9.59 Å². The number of carbonyl (C=O) groups excluding carboxylic acids is 2. The molecule has 1 N–H and O–H groups in total. The van der Waals surface area contributed by atoms with Crippen LogP contribution >= 0.6 is 11.3 Å². The molecular formula is C19H23N3O3S. The van der Waals surface area contributed by atoms with E-state index < -0.39 is 5.97 Å². The fourth-order valence-corrected chi connectivity index (χ4v) is 3.71. The minimum atomic E-state index is -0.460. The second kappa shape index (κ2) is 8.82. The molecule has 1 aliphatic heterocycles. The molecule has 138 valence electrons. The summed E-state index contributed by atoms with van der Waals surface area (Å²) in [6.07, 6.45) is 0.927. The fraction of sp³-hybridized carbons (Fsp3) is 0.368. The predicted octanol–water partition coefficient (Wildman–Crippen LogP) is 3.27. The van der Waals surface area contributed by atoms with E-state index in [0.29, 0.717) is 24.3 Å². The summed E-state index contributed by atoms with van der Waals surface area (Å²) < 4.78 is 4.78. The van der Waals surface area contributed by atoms with E-state index in [0.717, 1.165) is 26.1 Å². The van der Waals surface area contributed by atoms with Gasteiger partial charge in [-0.05, 0) is 40.9 Å². The van der Waals surface area contributed by atoms with E-state index in [9.17, 15) is 9.59 Å². The number of hydrogen-bond acceptors (Lipinski definition) is 5. The summed E-state index contributed by atoms with van der Waals surface area (Å²) in [6.45, 7) is 4.09. The summed E-state index contributed by atoms with van der Waals surface area (Å²) in [5, 5.41) is 7.11. The number of esters is 1. The van der Waals surface area contributed by atoms with Crippen molar-refractivity contribution in [2.45, 2.75) is 13.0 Å². The summed E-state index contributed by atoms with van der Waals surface area (Å²) in [5.74, 6) is -0.460. The number of amides is 2. The Morgan fingerprint density at radius 3 is 2.77 bits per heavy atom. The highest BCUT2D eigenvalue weighted by molar-refractivity contribution is 7.07. The minimum Gasteiger partial charge on any atom is -0.465 e. The first-order valence-electron chi connectivity index (χ1n) is 8.64. The normalized spacial score (nSPS) is 15.3. The van der Waals surface area contributed by atoms with Crippen LogP contribution < -0.4 is 5.32 Å². The molecule has 1 fully saturated rings.